The molecule has 0 fully saturated rings. The summed E-state index contributed by atoms with van der Waals surface area (Å²) in [6, 6.07) is 6.96. The molecule has 0 saturated carbocycles. The molecule has 0 bridgehead atoms. The molecule has 19 heavy (non-hydrogen) atoms. The number of aryl methyl sites for hydroxylation is 3. The lowest BCUT2D eigenvalue weighted by molar-refractivity contribution is 0.573. The molecule has 3 rings (SSSR count). The second-order valence-corrected chi connectivity index (χ2v) is 5.83. The Morgan fingerprint density at radius 1 is 1.21 bits per heavy atom. The smallest absolute Gasteiger partial charge is 0.0470 e. The van der Waals surface area contributed by atoms with Gasteiger partial charge in [0, 0.05) is 25.0 Å². The third-order valence-corrected chi connectivity index (χ3v) is 4.29. The van der Waals surface area contributed by atoms with Crippen molar-refractivity contribution >= 4 is 0 Å². The van der Waals surface area contributed by atoms with E-state index < -0.39 is 0 Å². The Morgan fingerprint density at radius 2 is 2.05 bits per heavy atom. The van der Waals surface area contributed by atoms with E-state index in [1.807, 2.05) is 0 Å². The van der Waals surface area contributed by atoms with Crippen molar-refractivity contribution in [2.75, 3.05) is 0 Å². The van der Waals surface area contributed by atoms with Crippen LogP contribution in [0.25, 0.3) is 0 Å². The normalized spacial score (nSPS) is 18.4. The van der Waals surface area contributed by atoms with Gasteiger partial charge in [0.05, 0.1) is 0 Å². The number of hydrogen-bond donors (Lipinski definition) is 1. The number of rotatable bonds is 2. The van der Waals surface area contributed by atoms with Crippen LogP contribution in [0.1, 0.15) is 46.7 Å². The van der Waals surface area contributed by atoms with Gasteiger partial charge in [-0.15, -0.1) is 0 Å². The lowest BCUT2D eigenvalue weighted by atomic mass is 9.92. The second-order valence-electron chi connectivity index (χ2n) is 5.83. The van der Waals surface area contributed by atoms with E-state index in [1.54, 1.807) is 0 Å². The zero-order valence-corrected chi connectivity index (χ0v) is 11.8. The third-order valence-electron chi connectivity index (χ3n) is 4.29. The number of hydrogen-bond acceptors (Lipinski definition) is 1. The first-order valence-electron chi connectivity index (χ1n) is 7.14. The van der Waals surface area contributed by atoms with Crippen LogP contribution in [0, 0.1) is 13.8 Å². The number of benzene rings is 1. The molecular weight excluding hydrogens is 232 g/mol. The van der Waals surface area contributed by atoms with Gasteiger partial charge in [0.1, 0.15) is 0 Å². The molecule has 1 aromatic carbocycles. The van der Waals surface area contributed by atoms with E-state index >= 15 is 0 Å². The first kappa shape index (κ1) is 12.5. The van der Waals surface area contributed by atoms with Crippen molar-refractivity contribution < 1.29 is 0 Å². The zero-order chi connectivity index (χ0) is 13.4. The highest BCUT2D eigenvalue weighted by Gasteiger charge is 2.18. The van der Waals surface area contributed by atoms with Gasteiger partial charge in [-0.3, -0.25) is 0 Å². The van der Waals surface area contributed by atoms with Gasteiger partial charge in [-0.1, -0.05) is 18.2 Å². The predicted molar refractivity (Wildman–Crippen MR) is 79.3 cm³/mol. The Morgan fingerprint density at radius 3 is 2.79 bits per heavy atom. The molecule has 0 amide bonds. The standard InChI is InChI=1S/C17H22N2/c1-12-6-7-14(8-13(12)2)9-19-10-15-4-3-5-17(18)16(15)11-19/h6-8,10-11,17H,3-5,9,18H2,1-2H3. The average Bonchev–Trinajstić information content (AvgIpc) is 2.78. The molecule has 0 spiro atoms. The van der Waals surface area contributed by atoms with Crippen LogP contribution in [-0.2, 0) is 13.0 Å². The lowest BCUT2D eigenvalue weighted by Crippen LogP contribution is -2.15. The quantitative estimate of drug-likeness (QED) is 0.874. The van der Waals surface area contributed by atoms with Gasteiger partial charge in [0.25, 0.3) is 0 Å². The van der Waals surface area contributed by atoms with E-state index in [0.29, 0.717) is 0 Å². The van der Waals surface area contributed by atoms with Gasteiger partial charge in [0.15, 0.2) is 0 Å². The van der Waals surface area contributed by atoms with Crippen molar-refractivity contribution in [3.8, 4) is 0 Å². The molecule has 1 unspecified atom stereocenters. The summed E-state index contributed by atoms with van der Waals surface area (Å²) in [6.07, 6.45) is 8.06. The molecule has 100 valence electrons. The van der Waals surface area contributed by atoms with Crippen LogP contribution in [0.3, 0.4) is 0 Å². The molecule has 1 aliphatic carbocycles. The SMILES string of the molecule is Cc1ccc(Cn2cc3c(c2)C(N)CCC3)cc1C. The molecule has 0 saturated heterocycles. The minimum atomic E-state index is 0.241. The summed E-state index contributed by atoms with van der Waals surface area (Å²) in [4.78, 5) is 0. The summed E-state index contributed by atoms with van der Waals surface area (Å²) in [7, 11) is 0. The lowest BCUT2D eigenvalue weighted by Gasteiger charge is -2.17. The Hall–Kier alpha value is -1.54. The summed E-state index contributed by atoms with van der Waals surface area (Å²) in [5.74, 6) is 0. The summed E-state index contributed by atoms with van der Waals surface area (Å²) >= 11 is 0. The first-order valence-corrected chi connectivity index (χ1v) is 7.14. The van der Waals surface area contributed by atoms with Gasteiger partial charge in [-0.05, 0) is 60.9 Å². The van der Waals surface area contributed by atoms with E-state index in [0.717, 1.165) is 13.0 Å². The van der Waals surface area contributed by atoms with Crippen LogP contribution in [0.15, 0.2) is 30.6 Å². The van der Waals surface area contributed by atoms with E-state index in [4.69, 9.17) is 5.73 Å². The number of nitrogens with zero attached hydrogens (tertiary/aromatic N) is 1. The topological polar surface area (TPSA) is 30.9 Å². The van der Waals surface area contributed by atoms with Crippen molar-refractivity contribution in [1.29, 1.82) is 0 Å². The van der Waals surface area contributed by atoms with Crippen molar-refractivity contribution in [1.82, 2.24) is 4.57 Å². The van der Waals surface area contributed by atoms with Crippen LogP contribution in [0.4, 0.5) is 0 Å². The maximum absolute atomic E-state index is 6.18. The summed E-state index contributed by atoms with van der Waals surface area (Å²) < 4.78 is 2.29. The van der Waals surface area contributed by atoms with Crippen LogP contribution in [0.2, 0.25) is 0 Å². The van der Waals surface area contributed by atoms with Crippen LogP contribution in [-0.4, -0.2) is 4.57 Å². The first-order chi connectivity index (χ1) is 9.13. The molecular formula is C17H22N2. The molecule has 0 aliphatic heterocycles. The van der Waals surface area contributed by atoms with Gasteiger partial charge in [-0.2, -0.15) is 0 Å². The van der Waals surface area contributed by atoms with E-state index in [-0.39, 0.29) is 6.04 Å². The van der Waals surface area contributed by atoms with Gasteiger partial charge >= 0.3 is 0 Å². The largest absolute Gasteiger partial charge is 0.349 e. The maximum Gasteiger partial charge on any atom is 0.0470 e. The summed E-state index contributed by atoms with van der Waals surface area (Å²) in [5.41, 5.74) is 13.1. The Balaban J connectivity index is 1.85. The zero-order valence-electron chi connectivity index (χ0n) is 11.8. The van der Waals surface area contributed by atoms with Crippen molar-refractivity contribution in [3.05, 3.63) is 58.4 Å². The molecule has 2 N–H and O–H groups in total. The van der Waals surface area contributed by atoms with Gasteiger partial charge < -0.3 is 10.3 Å². The van der Waals surface area contributed by atoms with E-state index in [9.17, 15) is 0 Å². The monoisotopic (exact) mass is 254 g/mol. The fourth-order valence-corrected chi connectivity index (χ4v) is 2.99. The molecule has 1 heterocycles. The van der Waals surface area contributed by atoms with Crippen molar-refractivity contribution in [2.24, 2.45) is 5.73 Å². The van der Waals surface area contributed by atoms with Gasteiger partial charge in [0.2, 0.25) is 0 Å². The predicted octanol–water partition coefficient (Wildman–Crippen LogP) is 3.49. The van der Waals surface area contributed by atoms with Crippen molar-refractivity contribution in [3.63, 3.8) is 0 Å². The molecule has 0 radical (unpaired) electrons. The van der Waals surface area contributed by atoms with Crippen LogP contribution >= 0.6 is 0 Å². The van der Waals surface area contributed by atoms with Crippen LogP contribution < -0.4 is 5.73 Å². The molecule has 1 atom stereocenters. The third kappa shape index (κ3) is 2.45. The van der Waals surface area contributed by atoms with Crippen molar-refractivity contribution in [2.45, 2.75) is 45.7 Å². The van der Waals surface area contributed by atoms with E-state index in [2.05, 4.69) is 49.0 Å². The number of aromatic nitrogens is 1. The molecule has 2 heteroatoms. The molecule has 1 aromatic heterocycles. The molecule has 2 aromatic rings. The minimum absolute atomic E-state index is 0.241. The van der Waals surface area contributed by atoms with Crippen LogP contribution in [0.5, 0.6) is 0 Å². The fraction of sp³-hybridized carbons (Fsp3) is 0.412. The van der Waals surface area contributed by atoms with Gasteiger partial charge in [-0.25, -0.2) is 0 Å². The number of fused-ring (bicyclic) bond motifs is 1. The average molecular weight is 254 g/mol. The summed E-state index contributed by atoms with van der Waals surface area (Å²) in [5, 5.41) is 0. The molecule has 2 nitrogen and oxygen atoms in total. The fourth-order valence-electron chi connectivity index (χ4n) is 2.99. The highest BCUT2D eigenvalue weighted by Crippen LogP contribution is 2.28. The van der Waals surface area contributed by atoms with E-state index in [1.165, 1.54) is 40.7 Å². The summed E-state index contributed by atoms with van der Waals surface area (Å²) in [6.45, 7) is 5.28. The Labute approximate surface area is 115 Å². The minimum Gasteiger partial charge on any atom is -0.349 e. The molecule has 1 aliphatic rings. The highest BCUT2D eigenvalue weighted by molar-refractivity contribution is 5.33. The Bertz CT molecular complexity index is 595. The second kappa shape index (κ2) is 4.86. The Kier molecular flexibility index (Phi) is 3.19. The maximum atomic E-state index is 6.18. The number of nitrogens with two attached hydrogens (primary N) is 1. The highest BCUT2D eigenvalue weighted by atomic mass is 14.9.